The van der Waals surface area contributed by atoms with Crippen LogP contribution in [0.15, 0.2) is 18.2 Å². The number of hydrogen-bond donors (Lipinski definition) is 1. The second-order valence-corrected chi connectivity index (χ2v) is 6.62. The lowest BCUT2D eigenvalue weighted by Crippen LogP contribution is -2.41. The minimum Gasteiger partial charge on any atom is -0.493 e. The molecule has 1 heterocycles. The quantitative estimate of drug-likeness (QED) is 0.747. The van der Waals surface area contributed by atoms with Gasteiger partial charge in [0.25, 0.3) is 0 Å². The molecule has 23 heavy (non-hydrogen) atoms. The van der Waals surface area contributed by atoms with Gasteiger partial charge in [0.1, 0.15) is 0 Å². The molecule has 2 atom stereocenters. The van der Waals surface area contributed by atoms with Crippen LogP contribution in [0.3, 0.4) is 0 Å². The van der Waals surface area contributed by atoms with Crippen molar-refractivity contribution in [1.82, 2.24) is 4.90 Å². The average molecular weight is 321 g/mol. The van der Waals surface area contributed by atoms with E-state index < -0.39 is 0 Å². The highest BCUT2D eigenvalue weighted by Crippen LogP contribution is 2.30. The van der Waals surface area contributed by atoms with Gasteiger partial charge in [-0.25, -0.2) is 0 Å². The molecule has 2 rings (SSSR count). The minimum atomic E-state index is -0.206. The lowest BCUT2D eigenvalue weighted by Gasteiger charge is -2.34. The molecule has 1 aliphatic rings. The monoisotopic (exact) mass is 321 g/mol. The zero-order valence-electron chi connectivity index (χ0n) is 14.8. The van der Waals surface area contributed by atoms with E-state index in [-0.39, 0.29) is 12.0 Å². The first kappa shape index (κ1) is 18.1. The molecule has 4 nitrogen and oxygen atoms in total. The van der Waals surface area contributed by atoms with E-state index in [1.54, 1.807) is 7.11 Å². The molecule has 0 saturated carbocycles. The Balaban J connectivity index is 1.97. The Hall–Kier alpha value is -1.26. The highest BCUT2D eigenvalue weighted by Gasteiger charge is 2.26. The number of nitrogens with zero attached hydrogens (tertiary/aromatic N) is 1. The van der Waals surface area contributed by atoms with Crippen molar-refractivity contribution in [1.29, 1.82) is 0 Å². The van der Waals surface area contributed by atoms with Crippen molar-refractivity contribution in [3.8, 4) is 11.5 Å². The summed E-state index contributed by atoms with van der Waals surface area (Å²) in [5.41, 5.74) is 1.20. The molecule has 0 amide bonds. The van der Waals surface area contributed by atoms with E-state index in [0.717, 1.165) is 50.5 Å². The lowest BCUT2D eigenvalue weighted by atomic mass is 9.89. The third-order valence-corrected chi connectivity index (χ3v) is 4.63. The zero-order valence-corrected chi connectivity index (χ0v) is 14.8. The summed E-state index contributed by atoms with van der Waals surface area (Å²) in [6.45, 7) is 4.84. The van der Waals surface area contributed by atoms with Gasteiger partial charge in [0, 0.05) is 19.0 Å². The Bertz CT molecular complexity index is 478. The first-order valence-corrected chi connectivity index (χ1v) is 8.80. The van der Waals surface area contributed by atoms with Crippen LogP contribution in [-0.2, 0) is 6.42 Å². The van der Waals surface area contributed by atoms with Crippen molar-refractivity contribution in [2.45, 2.75) is 45.1 Å². The van der Waals surface area contributed by atoms with Crippen LogP contribution in [0.25, 0.3) is 0 Å². The van der Waals surface area contributed by atoms with Crippen molar-refractivity contribution >= 4 is 0 Å². The highest BCUT2D eigenvalue weighted by molar-refractivity contribution is 5.43. The van der Waals surface area contributed by atoms with Gasteiger partial charge in [-0.1, -0.05) is 25.8 Å². The number of hydrogen-bond acceptors (Lipinski definition) is 4. The molecule has 1 aromatic carbocycles. The van der Waals surface area contributed by atoms with Gasteiger partial charge in [-0.15, -0.1) is 0 Å². The maximum absolute atomic E-state index is 10.2. The molecule has 4 heteroatoms. The van der Waals surface area contributed by atoms with E-state index in [1.807, 2.05) is 6.07 Å². The molecule has 0 aromatic heterocycles. The van der Waals surface area contributed by atoms with Crippen molar-refractivity contribution in [2.24, 2.45) is 5.92 Å². The molecule has 0 spiro atoms. The highest BCUT2D eigenvalue weighted by atomic mass is 16.5. The second-order valence-electron chi connectivity index (χ2n) is 6.62. The van der Waals surface area contributed by atoms with E-state index in [2.05, 4.69) is 31.0 Å². The molecule has 2 unspecified atom stereocenters. The summed E-state index contributed by atoms with van der Waals surface area (Å²) >= 11 is 0. The Morgan fingerprint density at radius 3 is 2.83 bits per heavy atom. The maximum atomic E-state index is 10.2. The predicted molar refractivity (Wildman–Crippen MR) is 93.3 cm³/mol. The first-order chi connectivity index (χ1) is 11.1. The van der Waals surface area contributed by atoms with Crippen LogP contribution in [-0.4, -0.2) is 50.0 Å². The largest absolute Gasteiger partial charge is 0.493 e. The lowest BCUT2D eigenvalue weighted by molar-refractivity contribution is 0.0366. The second kappa shape index (κ2) is 9.14. The van der Waals surface area contributed by atoms with Crippen LogP contribution >= 0.6 is 0 Å². The van der Waals surface area contributed by atoms with Gasteiger partial charge in [0.05, 0.1) is 19.8 Å². The number of benzene rings is 1. The van der Waals surface area contributed by atoms with Gasteiger partial charge in [0.2, 0.25) is 0 Å². The number of aliphatic hydroxyl groups is 1. The van der Waals surface area contributed by atoms with E-state index in [0.29, 0.717) is 0 Å². The Kier molecular flexibility index (Phi) is 7.18. The number of aliphatic hydroxyl groups excluding tert-OH is 1. The van der Waals surface area contributed by atoms with E-state index in [4.69, 9.17) is 9.47 Å². The molecule has 0 radical (unpaired) electrons. The van der Waals surface area contributed by atoms with Crippen LogP contribution in [0.2, 0.25) is 0 Å². The number of ether oxygens (including phenoxy) is 2. The molecular weight excluding hydrogens is 290 g/mol. The Morgan fingerprint density at radius 1 is 1.26 bits per heavy atom. The summed E-state index contributed by atoms with van der Waals surface area (Å²) in [6.07, 6.45) is 4.98. The predicted octanol–water partition coefficient (Wildman–Crippen LogP) is 3.12. The smallest absolute Gasteiger partial charge is 0.161 e. The molecule has 1 saturated heterocycles. The zero-order chi connectivity index (χ0) is 16.7. The van der Waals surface area contributed by atoms with Gasteiger partial charge in [-0.2, -0.15) is 0 Å². The van der Waals surface area contributed by atoms with Crippen molar-refractivity contribution in [3.05, 3.63) is 23.8 Å². The average Bonchev–Trinajstić information content (AvgIpc) is 2.56. The van der Waals surface area contributed by atoms with Crippen LogP contribution < -0.4 is 9.47 Å². The number of methoxy groups -OCH3 is 1. The molecular formula is C19H31NO3. The molecule has 1 N–H and O–H groups in total. The Morgan fingerprint density at radius 2 is 2.09 bits per heavy atom. The number of piperidine rings is 1. The maximum Gasteiger partial charge on any atom is 0.161 e. The van der Waals surface area contributed by atoms with E-state index in [9.17, 15) is 5.11 Å². The summed E-state index contributed by atoms with van der Waals surface area (Å²) in [6, 6.07) is 6.15. The summed E-state index contributed by atoms with van der Waals surface area (Å²) in [5.74, 6) is 1.89. The number of unbranched alkanes of at least 4 members (excludes halogenated alkanes) is 2. The van der Waals surface area contributed by atoms with Crippen LogP contribution in [0.5, 0.6) is 11.5 Å². The molecule has 0 aliphatic carbocycles. The third kappa shape index (κ3) is 5.40. The van der Waals surface area contributed by atoms with Crippen LogP contribution in [0, 0.1) is 5.92 Å². The number of rotatable bonds is 8. The summed E-state index contributed by atoms with van der Waals surface area (Å²) in [5, 5.41) is 10.2. The first-order valence-electron chi connectivity index (χ1n) is 8.80. The van der Waals surface area contributed by atoms with Gasteiger partial charge >= 0.3 is 0 Å². The fraction of sp³-hybridized carbons (Fsp3) is 0.684. The third-order valence-electron chi connectivity index (χ3n) is 4.63. The number of likely N-dealkylation sites (tertiary alicyclic amines) is 1. The van der Waals surface area contributed by atoms with Gasteiger partial charge in [-0.05, 0) is 44.0 Å². The Labute approximate surface area is 140 Å². The van der Waals surface area contributed by atoms with Crippen LogP contribution in [0.4, 0.5) is 0 Å². The van der Waals surface area contributed by atoms with E-state index in [1.165, 1.54) is 18.4 Å². The molecule has 1 aromatic rings. The van der Waals surface area contributed by atoms with Gasteiger partial charge in [0.15, 0.2) is 11.5 Å². The van der Waals surface area contributed by atoms with Gasteiger partial charge in [-0.3, -0.25) is 0 Å². The fourth-order valence-corrected chi connectivity index (χ4v) is 3.20. The summed E-state index contributed by atoms with van der Waals surface area (Å²) in [4.78, 5) is 2.29. The normalized spacial score (nSPS) is 22.1. The van der Waals surface area contributed by atoms with Gasteiger partial charge < -0.3 is 19.5 Å². The fourth-order valence-electron chi connectivity index (χ4n) is 3.20. The van der Waals surface area contributed by atoms with Crippen molar-refractivity contribution < 1.29 is 14.6 Å². The minimum absolute atomic E-state index is 0.206. The molecule has 0 bridgehead atoms. The van der Waals surface area contributed by atoms with Crippen LogP contribution in [0.1, 0.15) is 38.2 Å². The standard InChI is InChI=1S/C19H31NO3/c1-4-5-6-11-23-18-8-7-15(13-19(18)22-3)12-16-14-20(2)10-9-17(16)21/h7-8,13,16-17,21H,4-6,9-12,14H2,1-3H3. The SMILES string of the molecule is CCCCCOc1ccc(CC2CN(C)CCC2O)cc1OC. The molecule has 1 fully saturated rings. The molecule has 130 valence electrons. The summed E-state index contributed by atoms with van der Waals surface area (Å²) < 4.78 is 11.3. The summed E-state index contributed by atoms with van der Waals surface area (Å²) in [7, 11) is 3.80. The van der Waals surface area contributed by atoms with E-state index >= 15 is 0 Å². The molecule has 1 aliphatic heterocycles. The topological polar surface area (TPSA) is 41.9 Å². The van der Waals surface area contributed by atoms with Crippen molar-refractivity contribution in [2.75, 3.05) is 33.9 Å². The van der Waals surface area contributed by atoms with Crippen molar-refractivity contribution in [3.63, 3.8) is 0 Å².